The normalized spacial score (nSPS) is 10.5. The minimum absolute atomic E-state index is 0.194. The van der Waals surface area contributed by atoms with E-state index in [1.807, 2.05) is 16.8 Å². The predicted octanol–water partition coefficient (Wildman–Crippen LogP) is 3.16. The summed E-state index contributed by atoms with van der Waals surface area (Å²) in [6, 6.07) is 8.32. The summed E-state index contributed by atoms with van der Waals surface area (Å²) in [4.78, 5) is 15.2. The standard InChI is InChI=1S/C13H8N2O3S/c16-13(17)9-3-1-2-8(6-9)11-14-12(18-15-11)10-4-5-19-7-10/h1-7H,(H,16,17). The minimum atomic E-state index is -0.983. The van der Waals surface area contributed by atoms with Gasteiger partial charge in [0.2, 0.25) is 5.82 Å². The van der Waals surface area contributed by atoms with Gasteiger partial charge in [0, 0.05) is 10.9 Å². The van der Waals surface area contributed by atoms with Gasteiger partial charge in [0.15, 0.2) is 0 Å². The van der Waals surface area contributed by atoms with Crippen molar-refractivity contribution in [3.8, 4) is 22.8 Å². The van der Waals surface area contributed by atoms with Crippen LogP contribution >= 0.6 is 11.3 Å². The Morgan fingerprint density at radius 3 is 2.89 bits per heavy atom. The Kier molecular flexibility index (Phi) is 2.85. The molecule has 0 saturated heterocycles. The number of aromatic carboxylic acids is 1. The van der Waals surface area contributed by atoms with Gasteiger partial charge in [-0.1, -0.05) is 17.3 Å². The van der Waals surface area contributed by atoms with Crippen molar-refractivity contribution in [1.29, 1.82) is 0 Å². The average molecular weight is 272 g/mol. The molecule has 19 heavy (non-hydrogen) atoms. The fourth-order valence-electron chi connectivity index (χ4n) is 1.64. The van der Waals surface area contributed by atoms with Gasteiger partial charge in [-0.3, -0.25) is 0 Å². The second-order valence-corrected chi connectivity index (χ2v) is 4.60. The molecule has 0 aliphatic heterocycles. The SMILES string of the molecule is O=C(O)c1cccc(-c2noc(-c3ccsc3)n2)c1. The molecule has 0 spiro atoms. The first-order valence-electron chi connectivity index (χ1n) is 5.44. The molecule has 0 aliphatic rings. The zero-order valence-electron chi connectivity index (χ0n) is 9.61. The van der Waals surface area contributed by atoms with Crippen molar-refractivity contribution < 1.29 is 14.4 Å². The van der Waals surface area contributed by atoms with Gasteiger partial charge in [-0.05, 0) is 23.6 Å². The van der Waals surface area contributed by atoms with Gasteiger partial charge in [-0.25, -0.2) is 4.79 Å². The van der Waals surface area contributed by atoms with Gasteiger partial charge in [0.05, 0.1) is 11.1 Å². The summed E-state index contributed by atoms with van der Waals surface area (Å²) in [5.74, 6) is -0.176. The first kappa shape index (κ1) is 11.6. The van der Waals surface area contributed by atoms with Gasteiger partial charge >= 0.3 is 5.97 Å². The maximum absolute atomic E-state index is 10.9. The maximum Gasteiger partial charge on any atom is 0.335 e. The third-order valence-corrected chi connectivity index (χ3v) is 3.25. The molecule has 0 radical (unpaired) electrons. The lowest BCUT2D eigenvalue weighted by Crippen LogP contribution is -1.96. The van der Waals surface area contributed by atoms with Crippen LogP contribution in [0.2, 0.25) is 0 Å². The van der Waals surface area contributed by atoms with Crippen LogP contribution in [0.1, 0.15) is 10.4 Å². The molecule has 2 aromatic heterocycles. The molecule has 2 heterocycles. The molecule has 0 aliphatic carbocycles. The highest BCUT2D eigenvalue weighted by atomic mass is 32.1. The molecule has 3 rings (SSSR count). The second-order valence-electron chi connectivity index (χ2n) is 3.82. The summed E-state index contributed by atoms with van der Waals surface area (Å²) in [5, 5.41) is 16.6. The van der Waals surface area contributed by atoms with E-state index in [4.69, 9.17) is 9.63 Å². The van der Waals surface area contributed by atoms with Crippen molar-refractivity contribution in [2.45, 2.75) is 0 Å². The molecular weight excluding hydrogens is 264 g/mol. The monoisotopic (exact) mass is 272 g/mol. The van der Waals surface area contributed by atoms with Crippen LogP contribution in [0, 0.1) is 0 Å². The number of rotatable bonds is 3. The molecule has 1 N–H and O–H groups in total. The number of carboxylic acids is 1. The van der Waals surface area contributed by atoms with Crippen LogP contribution in [0.5, 0.6) is 0 Å². The highest BCUT2D eigenvalue weighted by Crippen LogP contribution is 2.24. The third kappa shape index (κ3) is 2.25. The number of benzene rings is 1. The van der Waals surface area contributed by atoms with Crippen molar-refractivity contribution in [3.63, 3.8) is 0 Å². The van der Waals surface area contributed by atoms with Crippen molar-refractivity contribution in [2.24, 2.45) is 0 Å². The van der Waals surface area contributed by atoms with E-state index in [-0.39, 0.29) is 5.56 Å². The van der Waals surface area contributed by atoms with Crippen molar-refractivity contribution >= 4 is 17.3 Å². The summed E-state index contributed by atoms with van der Waals surface area (Å²) in [6.07, 6.45) is 0. The van der Waals surface area contributed by atoms with Gasteiger partial charge in [-0.15, -0.1) is 0 Å². The van der Waals surface area contributed by atoms with E-state index in [1.54, 1.807) is 23.5 Å². The van der Waals surface area contributed by atoms with E-state index < -0.39 is 5.97 Å². The van der Waals surface area contributed by atoms with Crippen LogP contribution in [0.15, 0.2) is 45.6 Å². The summed E-state index contributed by atoms with van der Waals surface area (Å²) >= 11 is 1.54. The van der Waals surface area contributed by atoms with Crippen LogP contribution in [0.3, 0.4) is 0 Å². The van der Waals surface area contributed by atoms with E-state index in [9.17, 15) is 4.79 Å². The molecule has 0 atom stereocenters. The average Bonchev–Trinajstić information content (AvgIpc) is 3.09. The molecule has 0 unspecified atom stereocenters. The Morgan fingerprint density at radius 1 is 1.26 bits per heavy atom. The highest BCUT2D eigenvalue weighted by molar-refractivity contribution is 7.08. The van der Waals surface area contributed by atoms with Gasteiger partial charge in [0.25, 0.3) is 5.89 Å². The molecular formula is C13H8N2O3S. The Bertz CT molecular complexity index is 719. The summed E-state index contributed by atoms with van der Waals surface area (Å²) in [5.41, 5.74) is 1.67. The number of aromatic nitrogens is 2. The van der Waals surface area contributed by atoms with E-state index in [0.29, 0.717) is 17.3 Å². The van der Waals surface area contributed by atoms with Crippen LogP contribution in [-0.4, -0.2) is 21.2 Å². The Morgan fingerprint density at radius 2 is 2.16 bits per heavy atom. The van der Waals surface area contributed by atoms with Gasteiger partial charge < -0.3 is 9.63 Å². The summed E-state index contributed by atoms with van der Waals surface area (Å²) < 4.78 is 5.16. The zero-order valence-corrected chi connectivity index (χ0v) is 10.4. The fraction of sp³-hybridized carbons (Fsp3) is 0. The van der Waals surface area contributed by atoms with E-state index in [2.05, 4.69) is 10.1 Å². The van der Waals surface area contributed by atoms with Crippen LogP contribution in [0.25, 0.3) is 22.8 Å². The van der Waals surface area contributed by atoms with E-state index in [0.717, 1.165) is 5.56 Å². The predicted molar refractivity (Wildman–Crippen MR) is 70.0 cm³/mol. The fourth-order valence-corrected chi connectivity index (χ4v) is 2.27. The zero-order chi connectivity index (χ0) is 13.2. The first-order chi connectivity index (χ1) is 9.24. The number of hydrogen-bond donors (Lipinski definition) is 1. The first-order valence-corrected chi connectivity index (χ1v) is 6.38. The number of carbonyl (C=O) groups is 1. The lowest BCUT2D eigenvalue weighted by atomic mass is 10.1. The number of hydrogen-bond acceptors (Lipinski definition) is 5. The number of nitrogens with zero attached hydrogens (tertiary/aromatic N) is 2. The van der Waals surface area contributed by atoms with Crippen LogP contribution in [-0.2, 0) is 0 Å². The lowest BCUT2D eigenvalue weighted by molar-refractivity contribution is 0.0697. The number of thiophene rings is 1. The lowest BCUT2D eigenvalue weighted by Gasteiger charge is -1.96. The molecule has 6 heteroatoms. The maximum atomic E-state index is 10.9. The van der Waals surface area contributed by atoms with E-state index >= 15 is 0 Å². The Balaban J connectivity index is 1.99. The van der Waals surface area contributed by atoms with Crippen molar-refractivity contribution in [2.75, 3.05) is 0 Å². The quantitative estimate of drug-likeness (QED) is 0.792. The van der Waals surface area contributed by atoms with Gasteiger partial charge in [0.1, 0.15) is 0 Å². The van der Waals surface area contributed by atoms with E-state index in [1.165, 1.54) is 12.1 Å². The third-order valence-electron chi connectivity index (χ3n) is 2.56. The van der Waals surface area contributed by atoms with Crippen molar-refractivity contribution in [3.05, 3.63) is 46.7 Å². The van der Waals surface area contributed by atoms with Crippen LogP contribution < -0.4 is 0 Å². The van der Waals surface area contributed by atoms with Gasteiger partial charge in [-0.2, -0.15) is 16.3 Å². The molecule has 0 amide bonds. The minimum Gasteiger partial charge on any atom is -0.478 e. The largest absolute Gasteiger partial charge is 0.478 e. The molecule has 94 valence electrons. The van der Waals surface area contributed by atoms with Crippen molar-refractivity contribution in [1.82, 2.24) is 10.1 Å². The second kappa shape index (κ2) is 4.66. The number of carboxylic acid groups (broad SMARTS) is 1. The molecule has 0 fully saturated rings. The summed E-state index contributed by atoms with van der Waals surface area (Å²) in [6.45, 7) is 0. The molecule has 3 aromatic rings. The molecule has 0 saturated carbocycles. The van der Waals surface area contributed by atoms with Crippen LogP contribution in [0.4, 0.5) is 0 Å². The molecule has 1 aromatic carbocycles. The highest BCUT2D eigenvalue weighted by Gasteiger charge is 2.12. The topological polar surface area (TPSA) is 76.2 Å². The Hall–Kier alpha value is -2.47. The smallest absolute Gasteiger partial charge is 0.335 e. The molecule has 5 nitrogen and oxygen atoms in total. The molecule has 0 bridgehead atoms. The summed E-state index contributed by atoms with van der Waals surface area (Å²) in [7, 11) is 0. The Labute approximate surface area is 112 Å².